The third kappa shape index (κ3) is 2.98. The maximum atomic E-state index is 12.6. The molecule has 0 aliphatic carbocycles. The van der Waals surface area contributed by atoms with Crippen LogP contribution in [0.5, 0.6) is 11.5 Å². The molecule has 2 aromatic rings. The quantitative estimate of drug-likeness (QED) is 0.670. The summed E-state index contributed by atoms with van der Waals surface area (Å²) in [7, 11) is -3.98. The number of sulfonamides is 1. The fourth-order valence-corrected chi connectivity index (χ4v) is 3.72. The summed E-state index contributed by atoms with van der Waals surface area (Å²) in [5, 5.41) is 11.0. The number of ether oxygens (including phenoxy) is 2. The second-order valence-electron chi connectivity index (χ2n) is 5.12. The van der Waals surface area contributed by atoms with Crippen LogP contribution in [0.4, 0.5) is 11.4 Å². The molecule has 8 nitrogen and oxygen atoms in total. The second-order valence-corrected chi connectivity index (χ2v) is 6.77. The number of hydrogen-bond acceptors (Lipinski definition) is 6. The lowest BCUT2D eigenvalue weighted by atomic mass is 10.2. The monoisotopic (exact) mass is 350 g/mol. The molecule has 0 atom stereocenters. The minimum Gasteiger partial charge on any atom is -0.486 e. The molecule has 0 bridgehead atoms. The minimum absolute atomic E-state index is 0.0764. The average Bonchev–Trinajstić information content (AvgIpc) is 2.54. The van der Waals surface area contributed by atoms with E-state index in [9.17, 15) is 18.5 Å². The highest BCUT2D eigenvalue weighted by molar-refractivity contribution is 7.92. The van der Waals surface area contributed by atoms with Gasteiger partial charge in [0.2, 0.25) is 0 Å². The first-order valence-corrected chi connectivity index (χ1v) is 8.53. The number of nitro benzene ring substituents is 1. The van der Waals surface area contributed by atoms with Gasteiger partial charge in [0.25, 0.3) is 15.7 Å². The highest BCUT2D eigenvalue weighted by Gasteiger charge is 2.23. The molecule has 2 aromatic carbocycles. The Morgan fingerprint density at radius 3 is 2.54 bits per heavy atom. The topological polar surface area (TPSA) is 108 Å². The normalized spacial score (nSPS) is 13.4. The van der Waals surface area contributed by atoms with Gasteiger partial charge in [-0.15, -0.1) is 0 Å². The maximum absolute atomic E-state index is 12.6. The third-order valence-corrected chi connectivity index (χ3v) is 5.06. The van der Waals surface area contributed by atoms with Gasteiger partial charge in [-0.3, -0.25) is 14.8 Å². The van der Waals surface area contributed by atoms with E-state index in [2.05, 4.69) is 4.72 Å². The molecule has 1 aliphatic heterocycles. The summed E-state index contributed by atoms with van der Waals surface area (Å²) in [4.78, 5) is 10.2. The van der Waals surface area contributed by atoms with Gasteiger partial charge in [-0.1, -0.05) is 6.07 Å². The molecular formula is C15H14N2O6S. The number of fused-ring (bicyclic) bond motifs is 1. The number of nitrogens with zero attached hydrogens (tertiary/aromatic N) is 1. The van der Waals surface area contributed by atoms with Crippen LogP contribution in [-0.2, 0) is 10.0 Å². The Labute approximate surface area is 138 Å². The summed E-state index contributed by atoms with van der Waals surface area (Å²) >= 11 is 0. The van der Waals surface area contributed by atoms with Gasteiger partial charge in [-0.05, 0) is 25.1 Å². The molecule has 0 spiro atoms. The van der Waals surface area contributed by atoms with Crippen molar-refractivity contribution < 1.29 is 22.8 Å². The van der Waals surface area contributed by atoms with Gasteiger partial charge >= 0.3 is 0 Å². The lowest BCUT2D eigenvalue weighted by Gasteiger charge is -2.19. The van der Waals surface area contributed by atoms with Crippen LogP contribution in [0.1, 0.15) is 5.56 Å². The van der Waals surface area contributed by atoms with Crippen molar-refractivity contribution in [2.24, 2.45) is 0 Å². The summed E-state index contributed by atoms with van der Waals surface area (Å²) in [6, 6.07) is 8.58. The molecule has 1 aliphatic rings. The van der Waals surface area contributed by atoms with Gasteiger partial charge in [0, 0.05) is 17.7 Å². The molecule has 1 N–H and O–H groups in total. The Hall–Kier alpha value is -2.81. The number of nitro groups is 1. The van der Waals surface area contributed by atoms with Crippen LogP contribution in [0, 0.1) is 17.0 Å². The highest BCUT2D eigenvalue weighted by atomic mass is 32.2. The van der Waals surface area contributed by atoms with Crippen LogP contribution in [0.15, 0.2) is 41.3 Å². The number of rotatable bonds is 4. The van der Waals surface area contributed by atoms with Crippen molar-refractivity contribution in [1.82, 2.24) is 0 Å². The van der Waals surface area contributed by atoms with Crippen molar-refractivity contribution >= 4 is 21.4 Å². The molecule has 0 unspecified atom stereocenters. The lowest BCUT2D eigenvalue weighted by molar-refractivity contribution is -0.385. The molecule has 0 aromatic heterocycles. The van der Waals surface area contributed by atoms with Gasteiger partial charge < -0.3 is 9.47 Å². The standard InChI is InChI=1S/C15H14N2O6S/c1-10-12(17(18)19)3-2-4-15(10)24(20,21)16-11-5-6-13-14(9-11)23-8-7-22-13/h2-6,9,16H,7-8H2,1H3. The van der Waals surface area contributed by atoms with E-state index in [1.807, 2.05) is 0 Å². The van der Waals surface area contributed by atoms with Crippen molar-refractivity contribution in [3.8, 4) is 11.5 Å². The van der Waals surface area contributed by atoms with Gasteiger partial charge in [0.15, 0.2) is 11.5 Å². The molecule has 1 heterocycles. The Balaban J connectivity index is 1.95. The van der Waals surface area contributed by atoms with E-state index in [4.69, 9.17) is 9.47 Å². The van der Waals surface area contributed by atoms with E-state index < -0.39 is 14.9 Å². The van der Waals surface area contributed by atoms with Gasteiger partial charge in [-0.25, -0.2) is 8.42 Å². The van der Waals surface area contributed by atoms with Crippen molar-refractivity contribution in [2.45, 2.75) is 11.8 Å². The smallest absolute Gasteiger partial charge is 0.273 e. The number of hydrogen-bond donors (Lipinski definition) is 1. The molecular weight excluding hydrogens is 336 g/mol. The predicted octanol–water partition coefficient (Wildman–Crippen LogP) is 2.48. The summed E-state index contributed by atoms with van der Waals surface area (Å²) in [5.74, 6) is 0.980. The molecule has 24 heavy (non-hydrogen) atoms. The van der Waals surface area contributed by atoms with Crippen LogP contribution in [0.2, 0.25) is 0 Å². The average molecular weight is 350 g/mol. The minimum atomic E-state index is -3.98. The summed E-state index contributed by atoms with van der Waals surface area (Å²) < 4.78 is 38.3. The Kier molecular flexibility index (Phi) is 4.02. The number of anilines is 1. The maximum Gasteiger partial charge on any atom is 0.273 e. The molecule has 0 radical (unpaired) electrons. The molecule has 0 amide bonds. The highest BCUT2D eigenvalue weighted by Crippen LogP contribution is 2.34. The van der Waals surface area contributed by atoms with E-state index >= 15 is 0 Å². The van der Waals surface area contributed by atoms with E-state index in [1.54, 1.807) is 6.07 Å². The number of nitrogens with one attached hydrogen (secondary N) is 1. The van der Waals surface area contributed by atoms with Crippen LogP contribution >= 0.6 is 0 Å². The van der Waals surface area contributed by atoms with E-state index in [-0.39, 0.29) is 21.8 Å². The first-order valence-electron chi connectivity index (χ1n) is 7.05. The Morgan fingerprint density at radius 1 is 1.12 bits per heavy atom. The van der Waals surface area contributed by atoms with Gasteiger partial charge in [0.1, 0.15) is 13.2 Å². The van der Waals surface area contributed by atoms with E-state index in [0.29, 0.717) is 24.7 Å². The summed E-state index contributed by atoms with van der Waals surface area (Å²) in [6.07, 6.45) is 0. The SMILES string of the molecule is Cc1c([N+](=O)[O-])cccc1S(=O)(=O)Nc1ccc2c(c1)OCCO2. The first kappa shape index (κ1) is 16.1. The zero-order valence-electron chi connectivity index (χ0n) is 12.7. The largest absolute Gasteiger partial charge is 0.486 e. The Morgan fingerprint density at radius 2 is 1.83 bits per heavy atom. The molecule has 3 rings (SSSR count). The van der Waals surface area contributed by atoms with Crippen LogP contribution < -0.4 is 14.2 Å². The predicted molar refractivity (Wildman–Crippen MR) is 86.1 cm³/mol. The second kappa shape index (κ2) is 6.00. The van der Waals surface area contributed by atoms with Crippen LogP contribution in [0.3, 0.4) is 0 Å². The first-order chi connectivity index (χ1) is 11.4. The van der Waals surface area contributed by atoms with Crippen molar-refractivity contribution in [3.63, 3.8) is 0 Å². The summed E-state index contributed by atoms with van der Waals surface area (Å²) in [6.45, 7) is 2.22. The third-order valence-electron chi connectivity index (χ3n) is 3.54. The van der Waals surface area contributed by atoms with Gasteiger partial charge in [0.05, 0.1) is 15.5 Å². The zero-order chi connectivity index (χ0) is 17.3. The van der Waals surface area contributed by atoms with Gasteiger partial charge in [-0.2, -0.15) is 0 Å². The molecule has 0 saturated carbocycles. The molecule has 0 saturated heterocycles. The van der Waals surface area contributed by atoms with E-state index in [0.717, 1.165) is 0 Å². The van der Waals surface area contributed by atoms with Crippen LogP contribution in [-0.4, -0.2) is 26.6 Å². The Bertz CT molecular complexity index is 910. The summed E-state index contributed by atoms with van der Waals surface area (Å²) in [5.41, 5.74) is 0.109. The van der Waals surface area contributed by atoms with Crippen molar-refractivity contribution in [1.29, 1.82) is 0 Å². The molecule has 0 fully saturated rings. The number of benzene rings is 2. The van der Waals surface area contributed by atoms with E-state index in [1.165, 1.54) is 37.3 Å². The molecule has 9 heteroatoms. The van der Waals surface area contributed by atoms with Crippen LogP contribution in [0.25, 0.3) is 0 Å². The van der Waals surface area contributed by atoms with Crippen molar-refractivity contribution in [2.75, 3.05) is 17.9 Å². The zero-order valence-corrected chi connectivity index (χ0v) is 13.5. The fraction of sp³-hybridized carbons (Fsp3) is 0.200. The van der Waals surface area contributed by atoms with Crippen molar-refractivity contribution in [3.05, 3.63) is 52.1 Å². The molecule has 126 valence electrons. The lowest BCUT2D eigenvalue weighted by Crippen LogP contribution is -2.17. The fourth-order valence-electron chi connectivity index (χ4n) is 2.41.